The third-order valence-corrected chi connectivity index (χ3v) is 3.62. The number of halogens is 1. The molecular formula is C11H13I. The lowest BCUT2D eigenvalue weighted by molar-refractivity contribution is 0.747. The standard InChI is InChI=1S/C11H13I/c1-8-2-4-10-6-9(7-12)3-5-11(8)10/h3,5-6,8H,2,4,7H2,1H3. The molecule has 1 unspecified atom stereocenters. The van der Waals surface area contributed by atoms with Crippen molar-refractivity contribution < 1.29 is 0 Å². The summed E-state index contributed by atoms with van der Waals surface area (Å²) >= 11 is 2.42. The minimum Gasteiger partial charge on any atom is -0.0812 e. The number of hydrogen-bond donors (Lipinski definition) is 0. The van der Waals surface area contributed by atoms with E-state index < -0.39 is 0 Å². The molecule has 1 aliphatic rings. The Balaban J connectivity index is 2.41. The Morgan fingerprint density at radius 1 is 1.50 bits per heavy atom. The lowest BCUT2D eigenvalue weighted by Gasteiger charge is -2.04. The van der Waals surface area contributed by atoms with E-state index in [9.17, 15) is 0 Å². The average Bonchev–Trinajstić information content (AvgIpc) is 2.47. The van der Waals surface area contributed by atoms with Gasteiger partial charge in [0, 0.05) is 4.43 Å². The molecule has 0 amide bonds. The summed E-state index contributed by atoms with van der Waals surface area (Å²) in [5, 5.41) is 0. The summed E-state index contributed by atoms with van der Waals surface area (Å²) < 4.78 is 1.14. The summed E-state index contributed by atoms with van der Waals surface area (Å²) in [5.41, 5.74) is 4.66. The normalized spacial score (nSPS) is 21.0. The van der Waals surface area contributed by atoms with Crippen LogP contribution in [-0.4, -0.2) is 0 Å². The van der Waals surface area contributed by atoms with Gasteiger partial charge in [-0.3, -0.25) is 0 Å². The Bertz CT molecular complexity index is 291. The van der Waals surface area contributed by atoms with Gasteiger partial charge in [0.15, 0.2) is 0 Å². The van der Waals surface area contributed by atoms with Crippen molar-refractivity contribution in [2.75, 3.05) is 0 Å². The molecule has 12 heavy (non-hydrogen) atoms. The van der Waals surface area contributed by atoms with Crippen LogP contribution in [-0.2, 0) is 10.8 Å². The van der Waals surface area contributed by atoms with Gasteiger partial charge in [0.2, 0.25) is 0 Å². The molecule has 0 nitrogen and oxygen atoms in total. The zero-order valence-electron chi connectivity index (χ0n) is 7.31. The van der Waals surface area contributed by atoms with Crippen molar-refractivity contribution in [2.24, 2.45) is 0 Å². The molecule has 0 fully saturated rings. The number of fused-ring (bicyclic) bond motifs is 1. The third-order valence-electron chi connectivity index (χ3n) is 2.74. The van der Waals surface area contributed by atoms with Gasteiger partial charge in [-0.25, -0.2) is 0 Å². The molecule has 2 rings (SSSR count). The van der Waals surface area contributed by atoms with E-state index in [0.717, 1.165) is 10.3 Å². The van der Waals surface area contributed by atoms with Gasteiger partial charge in [-0.05, 0) is 35.4 Å². The molecule has 1 aliphatic carbocycles. The molecule has 0 N–H and O–H groups in total. The van der Waals surface area contributed by atoms with Crippen molar-refractivity contribution in [1.29, 1.82) is 0 Å². The zero-order valence-corrected chi connectivity index (χ0v) is 9.47. The predicted molar refractivity (Wildman–Crippen MR) is 60.9 cm³/mol. The summed E-state index contributed by atoms with van der Waals surface area (Å²) in [6.45, 7) is 2.33. The first-order chi connectivity index (χ1) is 5.81. The minimum atomic E-state index is 0.795. The molecule has 1 atom stereocenters. The number of rotatable bonds is 1. The Hall–Kier alpha value is -0.0500. The predicted octanol–water partition coefficient (Wildman–Crippen LogP) is 3.67. The van der Waals surface area contributed by atoms with E-state index in [0.29, 0.717) is 0 Å². The summed E-state index contributed by atoms with van der Waals surface area (Å²) in [5.74, 6) is 0.795. The molecule has 1 aromatic carbocycles. The second kappa shape index (κ2) is 3.36. The van der Waals surface area contributed by atoms with E-state index in [1.807, 2.05) is 0 Å². The van der Waals surface area contributed by atoms with Crippen molar-refractivity contribution in [3.63, 3.8) is 0 Å². The van der Waals surface area contributed by atoms with Crippen LogP contribution < -0.4 is 0 Å². The highest BCUT2D eigenvalue weighted by molar-refractivity contribution is 14.1. The van der Waals surface area contributed by atoms with Gasteiger partial charge in [0.1, 0.15) is 0 Å². The fourth-order valence-corrected chi connectivity index (χ4v) is 2.44. The van der Waals surface area contributed by atoms with Gasteiger partial charge in [-0.15, -0.1) is 0 Å². The molecule has 0 aromatic heterocycles. The van der Waals surface area contributed by atoms with Crippen LogP contribution in [0.15, 0.2) is 18.2 Å². The second-order valence-corrected chi connectivity index (χ2v) is 4.37. The molecule has 0 heterocycles. The first-order valence-electron chi connectivity index (χ1n) is 4.49. The maximum atomic E-state index is 2.42. The SMILES string of the molecule is CC1CCc2cc(CI)ccc21. The Morgan fingerprint density at radius 3 is 3.08 bits per heavy atom. The molecule has 0 aliphatic heterocycles. The highest BCUT2D eigenvalue weighted by Crippen LogP contribution is 2.33. The quantitative estimate of drug-likeness (QED) is 0.540. The maximum absolute atomic E-state index is 2.42. The van der Waals surface area contributed by atoms with Crippen LogP contribution in [0.2, 0.25) is 0 Å². The molecule has 64 valence electrons. The number of hydrogen-bond acceptors (Lipinski definition) is 0. The topological polar surface area (TPSA) is 0 Å². The average molecular weight is 272 g/mol. The molecule has 0 bridgehead atoms. The lowest BCUT2D eigenvalue weighted by Crippen LogP contribution is -1.87. The van der Waals surface area contributed by atoms with E-state index in [1.54, 1.807) is 11.1 Å². The molecule has 0 spiro atoms. The summed E-state index contributed by atoms with van der Waals surface area (Å²) in [6.07, 6.45) is 2.64. The zero-order chi connectivity index (χ0) is 8.55. The highest BCUT2D eigenvalue weighted by atomic mass is 127. The van der Waals surface area contributed by atoms with Crippen LogP contribution in [0.5, 0.6) is 0 Å². The molecule has 0 saturated carbocycles. The molecular weight excluding hydrogens is 259 g/mol. The van der Waals surface area contributed by atoms with Crippen LogP contribution in [0.4, 0.5) is 0 Å². The van der Waals surface area contributed by atoms with Gasteiger partial charge in [-0.1, -0.05) is 47.7 Å². The van der Waals surface area contributed by atoms with Crippen LogP contribution in [0.3, 0.4) is 0 Å². The van der Waals surface area contributed by atoms with Gasteiger partial charge in [0.25, 0.3) is 0 Å². The highest BCUT2D eigenvalue weighted by Gasteiger charge is 2.17. The minimum absolute atomic E-state index is 0.795. The van der Waals surface area contributed by atoms with Crippen LogP contribution >= 0.6 is 22.6 Å². The Labute approximate surface area is 87.5 Å². The van der Waals surface area contributed by atoms with Crippen LogP contribution in [0.1, 0.15) is 36.0 Å². The van der Waals surface area contributed by atoms with Crippen molar-refractivity contribution in [1.82, 2.24) is 0 Å². The smallest absolute Gasteiger partial charge is 0.0247 e. The Kier molecular flexibility index (Phi) is 2.40. The number of benzene rings is 1. The van der Waals surface area contributed by atoms with Crippen molar-refractivity contribution in [3.05, 3.63) is 34.9 Å². The maximum Gasteiger partial charge on any atom is 0.0247 e. The van der Waals surface area contributed by atoms with Crippen molar-refractivity contribution in [2.45, 2.75) is 30.1 Å². The van der Waals surface area contributed by atoms with Gasteiger partial charge < -0.3 is 0 Å². The van der Waals surface area contributed by atoms with Gasteiger partial charge in [0.05, 0.1) is 0 Å². The van der Waals surface area contributed by atoms with Gasteiger partial charge in [-0.2, -0.15) is 0 Å². The number of alkyl halides is 1. The summed E-state index contributed by atoms with van der Waals surface area (Å²) in [6, 6.07) is 6.97. The van der Waals surface area contributed by atoms with E-state index in [1.165, 1.54) is 18.4 Å². The molecule has 1 heteroatoms. The van der Waals surface area contributed by atoms with Gasteiger partial charge >= 0.3 is 0 Å². The second-order valence-electron chi connectivity index (χ2n) is 3.61. The van der Waals surface area contributed by atoms with Crippen molar-refractivity contribution in [3.8, 4) is 0 Å². The van der Waals surface area contributed by atoms with Crippen LogP contribution in [0.25, 0.3) is 0 Å². The first-order valence-corrected chi connectivity index (χ1v) is 6.01. The number of aryl methyl sites for hydroxylation is 1. The van der Waals surface area contributed by atoms with Crippen LogP contribution in [0, 0.1) is 0 Å². The van der Waals surface area contributed by atoms with Crippen molar-refractivity contribution >= 4 is 22.6 Å². The third kappa shape index (κ3) is 1.39. The fraction of sp³-hybridized carbons (Fsp3) is 0.455. The summed E-state index contributed by atoms with van der Waals surface area (Å²) in [7, 11) is 0. The Morgan fingerprint density at radius 2 is 2.33 bits per heavy atom. The first kappa shape index (κ1) is 8.54. The summed E-state index contributed by atoms with van der Waals surface area (Å²) in [4.78, 5) is 0. The lowest BCUT2D eigenvalue weighted by atomic mass is 10.0. The monoisotopic (exact) mass is 272 g/mol. The molecule has 1 aromatic rings. The fourth-order valence-electron chi connectivity index (χ4n) is 1.97. The largest absolute Gasteiger partial charge is 0.0812 e. The molecule has 0 saturated heterocycles. The van der Waals surface area contributed by atoms with E-state index >= 15 is 0 Å². The van der Waals surface area contributed by atoms with E-state index in [4.69, 9.17) is 0 Å². The van der Waals surface area contributed by atoms with E-state index in [2.05, 4.69) is 47.7 Å². The molecule has 0 radical (unpaired) electrons. The van der Waals surface area contributed by atoms with E-state index in [-0.39, 0.29) is 0 Å².